The summed E-state index contributed by atoms with van der Waals surface area (Å²) in [5.41, 5.74) is 1.13. The summed E-state index contributed by atoms with van der Waals surface area (Å²) in [6, 6.07) is -0.0428. The SMILES string of the molecule is CCn1cc(CNC2CCCNC2=O)cn1. The van der Waals surface area contributed by atoms with E-state index in [4.69, 9.17) is 0 Å². The molecule has 1 aromatic heterocycles. The van der Waals surface area contributed by atoms with Crippen molar-refractivity contribution in [1.29, 1.82) is 0 Å². The summed E-state index contributed by atoms with van der Waals surface area (Å²) < 4.78 is 1.89. The van der Waals surface area contributed by atoms with Crippen LogP contribution in [0.4, 0.5) is 0 Å². The maximum Gasteiger partial charge on any atom is 0.237 e. The highest BCUT2D eigenvalue weighted by molar-refractivity contribution is 5.82. The molecule has 2 rings (SSSR count). The molecule has 1 amide bonds. The third-order valence-electron chi connectivity index (χ3n) is 2.85. The van der Waals surface area contributed by atoms with Crippen LogP contribution < -0.4 is 10.6 Å². The zero-order valence-corrected chi connectivity index (χ0v) is 9.57. The highest BCUT2D eigenvalue weighted by Gasteiger charge is 2.20. The molecule has 16 heavy (non-hydrogen) atoms. The molecule has 0 aliphatic carbocycles. The molecule has 0 radical (unpaired) electrons. The molecule has 1 atom stereocenters. The number of carbonyl (C=O) groups is 1. The normalized spacial score (nSPS) is 20.8. The quantitative estimate of drug-likeness (QED) is 0.769. The van der Waals surface area contributed by atoms with Crippen molar-refractivity contribution < 1.29 is 4.79 Å². The Hall–Kier alpha value is -1.36. The Labute approximate surface area is 95.2 Å². The number of aromatic nitrogens is 2. The van der Waals surface area contributed by atoms with Crippen LogP contribution in [0.1, 0.15) is 25.3 Å². The van der Waals surface area contributed by atoms with E-state index in [0.29, 0.717) is 6.54 Å². The van der Waals surface area contributed by atoms with Crippen LogP contribution in [-0.4, -0.2) is 28.3 Å². The first-order valence-corrected chi connectivity index (χ1v) is 5.82. The van der Waals surface area contributed by atoms with Crippen molar-refractivity contribution in [3.8, 4) is 0 Å². The first-order chi connectivity index (χ1) is 7.79. The molecule has 0 aromatic carbocycles. The lowest BCUT2D eigenvalue weighted by Crippen LogP contribution is -2.47. The number of nitrogens with one attached hydrogen (secondary N) is 2. The summed E-state index contributed by atoms with van der Waals surface area (Å²) in [6.45, 7) is 4.45. The summed E-state index contributed by atoms with van der Waals surface area (Å²) in [6.07, 6.45) is 5.83. The van der Waals surface area contributed by atoms with Crippen LogP contribution in [0, 0.1) is 0 Å². The van der Waals surface area contributed by atoms with E-state index in [1.807, 2.05) is 17.1 Å². The number of carbonyl (C=O) groups excluding carboxylic acids is 1. The van der Waals surface area contributed by atoms with Crippen molar-refractivity contribution in [1.82, 2.24) is 20.4 Å². The van der Waals surface area contributed by atoms with Crippen molar-refractivity contribution in [3.63, 3.8) is 0 Å². The van der Waals surface area contributed by atoms with E-state index < -0.39 is 0 Å². The predicted molar refractivity (Wildman–Crippen MR) is 60.8 cm³/mol. The molecule has 2 N–H and O–H groups in total. The number of amides is 1. The van der Waals surface area contributed by atoms with Crippen molar-refractivity contribution in [2.75, 3.05) is 6.54 Å². The van der Waals surface area contributed by atoms with Gasteiger partial charge in [-0.3, -0.25) is 9.48 Å². The molecular formula is C11H18N4O. The Morgan fingerprint density at radius 3 is 3.25 bits per heavy atom. The summed E-state index contributed by atoms with van der Waals surface area (Å²) in [5, 5.41) is 10.3. The predicted octanol–water partition coefficient (Wildman–Crippen LogP) is 0.271. The van der Waals surface area contributed by atoms with Crippen LogP contribution in [0.5, 0.6) is 0 Å². The number of piperidine rings is 1. The Morgan fingerprint density at radius 1 is 1.69 bits per heavy atom. The van der Waals surface area contributed by atoms with Gasteiger partial charge in [0.2, 0.25) is 5.91 Å². The van der Waals surface area contributed by atoms with Crippen LogP contribution in [-0.2, 0) is 17.9 Å². The number of hydrogen-bond acceptors (Lipinski definition) is 3. The molecule has 1 unspecified atom stereocenters. The van der Waals surface area contributed by atoms with Crippen molar-refractivity contribution in [3.05, 3.63) is 18.0 Å². The molecule has 2 heterocycles. The third-order valence-corrected chi connectivity index (χ3v) is 2.85. The molecule has 1 saturated heterocycles. The van der Waals surface area contributed by atoms with Crippen molar-refractivity contribution in [2.24, 2.45) is 0 Å². The topological polar surface area (TPSA) is 59.0 Å². The van der Waals surface area contributed by atoms with E-state index in [9.17, 15) is 4.79 Å². The monoisotopic (exact) mass is 222 g/mol. The summed E-state index contributed by atoms with van der Waals surface area (Å²) in [5.74, 6) is 0.120. The molecule has 0 saturated carbocycles. The fourth-order valence-corrected chi connectivity index (χ4v) is 1.88. The standard InChI is InChI=1S/C11H18N4O/c1-2-15-8-9(7-14-15)6-13-10-4-3-5-12-11(10)16/h7-8,10,13H,2-6H2,1H3,(H,12,16). The van der Waals surface area contributed by atoms with Gasteiger partial charge in [0.1, 0.15) is 0 Å². The van der Waals surface area contributed by atoms with Crippen LogP contribution in [0.15, 0.2) is 12.4 Å². The van der Waals surface area contributed by atoms with Crippen LogP contribution in [0.2, 0.25) is 0 Å². The average Bonchev–Trinajstić information content (AvgIpc) is 2.76. The third kappa shape index (κ3) is 2.61. The molecule has 88 valence electrons. The van der Waals surface area contributed by atoms with Gasteiger partial charge < -0.3 is 10.6 Å². The summed E-state index contributed by atoms with van der Waals surface area (Å²) in [4.78, 5) is 11.5. The summed E-state index contributed by atoms with van der Waals surface area (Å²) in [7, 11) is 0. The second-order valence-electron chi connectivity index (χ2n) is 4.07. The van der Waals surface area contributed by atoms with E-state index in [-0.39, 0.29) is 11.9 Å². The van der Waals surface area contributed by atoms with Gasteiger partial charge in [0.25, 0.3) is 0 Å². The molecule has 0 bridgehead atoms. The van der Waals surface area contributed by atoms with Gasteiger partial charge in [0.15, 0.2) is 0 Å². The first-order valence-electron chi connectivity index (χ1n) is 5.82. The summed E-state index contributed by atoms with van der Waals surface area (Å²) >= 11 is 0. The van der Waals surface area contributed by atoms with E-state index in [1.54, 1.807) is 0 Å². The number of aryl methyl sites for hydroxylation is 1. The molecule has 1 aliphatic heterocycles. The second-order valence-corrected chi connectivity index (χ2v) is 4.07. The average molecular weight is 222 g/mol. The van der Waals surface area contributed by atoms with Gasteiger partial charge in [0, 0.05) is 31.4 Å². The largest absolute Gasteiger partial charge is 0.355 e. The minimum atomic E-state index is -0.0428. The molecule has 1 aromatic rings. The fourth-order valence-electron chi connectivity index (χ4n) is 1.88. The van der Waals surface area contributed by atoms with Gasteiger partial charge >= 0.3 is 0 Å². The van der Waals surface area contributed by atoms with Gasteiger partial charge in [-0.25, -0.2) is 0 Å². The maximum atomic E-state index is 11.5. The molecular weight excluding hydrogens is 204 g/mol. The fraction of sp³-hybridized carbons (Fsp3) is 0.636. The molecule has 5 heteroatoms. The van der Waals surface area contributed by atoms with Gasteiger partial charge in [-0.15, -0.1) is 0 Å². The Balaban J connectivity index is 1.84. The highest BCUT2D eigenvalue weighted by Crippen LogP contribution is 2.05. The van der Waals surface area contributed by atoms with Crippen molar-refractivity contribution >= 4 is 5.91 Å². The smallest absolute Gasteiger partial charge is 0.237 e. The van der Waals surface area contributed by atoms with Crippen LogP contribution in [0.3, 0.4) is 0 Å². The molecule has 1 aliphatic rings. The number of rotatable bonds is 4. The van der Waals surface area contributed by atoms with Crippen LogP contribution in [0.25, 0.3) is 0 Å². The highest BCUT2D eigenvalue weighted by atomic mass is 16.2. The van der Waals surface area contributed by atoms with E-state index in [1.165, 1.54) is 0 Å². The lowest BCUT2D eigenvalue weighted by atomic mass is 10.1. The molecule has 1 fully saturated rings. The molecule has 0 spiro atoms. The Kier molecular flexibility index (Phi) is 3.56. The van der Waals surface area contributed by atoms with E-state index >= 15 is 0 Å². The zero-order valence-electron chi connectivity index (χ0n) is 9.57. The molecule has 5 nitrogen and oxygen atoms in total. The Morgan fingerprint density at radius 2 is 2.56 bits per heavy atom. The van der Waals surface area contributed by atoms with E-state index in [0.717, 1.165) is 31.5 Å². The van der Waals surface area contributed by atoms with Gasteiger partial charge in [-0.05, 0) is 19.8 Å². The maximum absolute atomic E-state index is 11.5. The number of hydrogen-bond donors (Lipinski definition) is 2. The van der Waals surface area contributed by atoms with Crippen LogP contribution >= 0.6 is 0 Å². The minimum Gasteiger partial charge on any atom is -0.355 e. The second kappa shape index (κ2) is 5.12. The van der Waals surface area contributed by atoms with E-state index in [2.05, 4.69) is 22.7 Å². The lowest BCUT2D eigenvalue weighted by Gasteiger charge is -2.22. The number of nitrogens with zero attached hydrogens (tertiary/aromatic N) is 2. The lowest BCUT2D eigenvalue weighted by molar-refractivity contribution is -0.124. The van der Waals surface area contributed by atoms with Crippen molar-refractivity contribution in [2.45, 2.75) is 38.9 Å². The minimum absolute atomic E-state index is 0.0428. The van der Waals surface area contributed by atoms with Gasteiger partial charge in [-0.2, -0.15) is 5.10 Å². The Bertz CT molecular complexity index is 361. The first kappa shape index (κ1) is 11.1. The van der Waals surface area contributed by atoms with Gasteiger partial charge in [0.05, 0.1) is 12.2 Å². The zero-order chi connectivity index (χ0) is 11.4. The van der Waals surface area contributed by atoms with Gasteiger partial charge in [-0.1, -0.05) is 0 Å².